The Kier molecular flexibility index (Phi) is 6.00. The van der Waals surface area contributed by atoms with Crippen LogP contribution in [0.2, 0.25) is 0 Å². The molecule has 27 heavy (non-hydrogen) atoms. The summed E-state index contributed by atoms with van der Waals surface area (Å²) in [6, 6.07) is 5.24. The largest absolute Gasteiger partial charge is 0.485 e. The third kappa shape index (κ3) is 4.08. The Morgan fingerprint density at radius 2 is 2.15 bits per heavy atom. The lowest BCUT2D eigenvalue weighted by Gasteiger charge is -2.21. The number of esters is 1. The first-order valence-electron chi connectivity index (χ1n) is 8.66. The zero-order valence-electron chi connectivity index (χ0n) is 15.1. The van der Waals surface area contributed by atoms with Gasteiger partial charge in [0.05, 0.1) is 19.3 Å². The average Bonchev–Trinajstić information content (AvgIpc) is 3.30. The zero-order chi connectivity index (χ0) is 19.4. The van der Waals surface area contributed by atoms with Crippen molar-refractivity contribution in [2.24, 2.45) is 0 Å². The number of hydrogen-bond acceptors (Lipinski definition) is 7. The second kappa shape index (κ2) is 8.43. The fourth-order valence-corrected chi connectivity index (χ4v) is 3.75. The summed E-state index contributed by atoms with van der Waals surface area (Å²) in [4.78, 5) is 27.0. The van der Waals surface area contributed by atoms with Crippen LogP contribution in [0.15, 0.2) is 24.3 Å². The van der Waals surface area contributed by atoms with Crippen molar-refractivity contribution in [2.75, 3.05) is 13.7 Å². The molecule has 2 unspecified atom stereocenters. The Bertz CT molecular complexity index is 828. The number of ether oxygens (including phenoxy) is 2. The molecule has 0 spiro atoms. The molecule has 1 aliphatic heterocycles. The van der Waals surface area contributed by atoms with E-state index in [1.165, 1.54) is 24.1 Å². The molecule has 7 nitrogen and oxygen atoms in total. The molecule has 0 aliphatic carbocycles. The number of carbonyl (C=O) groups excluding carboxylic acids is 2. The zero-order valence-corrected chi connectivity index (χ0v) is 15.9. The number of halogens is 1. The molecule has 2 atom stereocenters. The van der Waals surface area contributed by atoms with Crippen molar-refractivity contribution in [1.82, 2.24) is 14.5 Å². The van der Waals surface area contributed by atoms with Gasteiger partial charge in [0.2, 0.25) is 0 Å². The molecule has 144 valence electrons. The summed E-state index contributed by atoms with van der Waals surface area (Å²) in [7, 11) is 1.27. The number of carbonyl (C=O) groups is 2. The molecule has 1 aliphatic rings. The Morgan fingerprint density at radius 3 is 2.85 bits per heavy atom. The third-order valence-electron chi connectivity index (χ3n) is 4.36. The standard InChI is InChI=1S/C18H20FN3O4S/c1-3-6-13-16(27-21-20-13)17(23)22-10-11(9-14(22)18(24)25-2)26-15-8-5-4-7-12(15)19/h4-5,7-8,11,14H,3,6,9-10H2,1-2H3. The van der Waals surface area contributed by atoms with Gasteiger partial charge in [-0.3, -0.25) is 4.79 Å². The van der Waals surface area contributed by atoms with Crippen LogP contribution in [0.3, 0.4) is 0 Å². The van der Waals surface area contributed by atoms with Crippen molar-refractivity contribution in [1.29, 1.82) is 0 Å². The van der Waals surface area contributed by atoms with E-state index in [0.29, 0.717) is 17.0 Å². The summed E-state index contributed by atoms with van der Waals surface area (Å²) in [6.07, 6.45) is 1.15. The molecule has 1 amide bonds. The number of likely N-dealkylation sites (tertiary alicyclic amines) is 1. The predicted octanol–water partition coefficient (Wildman–Crippen LogP) is 2.46. The van der Waals surface area contributed by atoms with Crippen LogP contribution in [0.1, 0.15) is 35.1 Å². The lowest BCUT2D eigenvalue weighted by Crippen LogP contribution is -2.41. The van der Waals surface area contributed by atoms with E-state index in [1.54, 1.807) is 12.1 Å². The second-order valence-corrected chi connectivity index (χ2v) is 6.96. The maximum absolute atomic E-state index is 13.9. The van der Waals surface area contributed by atoms with Gasteiger partial charge < -0.3 is 14.4 Å². The number of amides is 1. The molecule has 0 radical (unpaired) electrons. The van der Waals surface area contributed by atoms with E-state index in [2.05, 4.69) is 9.59 Å². The predicted molar refractivity (Wildman–Crippen MR) is 96.2 cm³/mol. The molecule has 0 N–H and O–H groups in total. The maximum atomic E-state index is 13.9. The summed E-state index contributed by atoms with van der Waals surface area (Å²) in [6.45, 7) is 2.13. The summed E-state index contributed by atoms with van der Waals surface area (Å²) in [5.74, 6) is -1.26. The van der Waals surface area contributed by atoms with Gasteiger partial charge in [0, 0.05) is 6.42 Å². The topological polar surface area (TPSA) is 81.6 Å². The van der Waals surface area contributed by atoms with Crippen molar-refractivity contribution in [3.8, 4) is 5.75 Å². The van der Waals surface area contributed by atoms with Gasteiger partial charge >= 0.3 is 5.97 Å². The Balaban J connectivity index is 1.81. The number of methoxy groups -OCH3 is 1. The van der Waals surface area contributed by atoms with Gasteiger partial charge in [0.15, 0.2) is 11.6 Å². The van der Waals surface area contributed by atoms with Crippen LogP contribution in [0, 0.1) is 5.82 Å². The van der Waals surface area contributed by atoms with Crippen LogP contribution in [0.25, 0.3) is 0 Å². The minimum absolute atomic E-state index is 0.0894. The molecule has 1 fully saturated rings. The normalized spacial score (nSPS) is 19.1. The minimum atomic E-state index is -0.796. The van der Waals surface area contributed by atoms with Gasteiger partial charge in [-0.05, 0) is 30.1 Å². The minimum Gasteiger partial charge on any atom is -0.485 e. The smallest absolute Gasteiger partial charge is 0.328 e. The van der Waals surface area contributed by atoms with Gasteiger partial charge in [-0.1, -0.05) is 30.0 Å². The number of rotatable bonds is 6. The van der Waals surface area contributed by atoms with E-state index in [9.17, 15) is 14.0 Å². The van der Waals surface area contributed by atoms with Crippen molar-refractivity contribution in [2.45, 2.75) is 38.3 Å². The first-order valence-corrected chi connectivity index (χ1v) is 9.43. The molecule has 1 aromatic carbocycles. The monoisotopic (exact) mass is 393 g/mol. The molecule has 0 bridgehead atoms. The number of aryl methyl sites for hydroxylation is 1. The highest BCUT2D eigenvalue weighted by Gasteiger charge is 2.43. The highest BCUT2D eigenvalue weighted by molar-refractivity contribution is 7.08. The molecule has 2 aromatic rings. The Labute approximate surface area is 160 Å². The second-order valence-electron chi connectivity index (χ2n) is 6.20. The summed E-state index contributed by atoms with van der Waals surface area (Å²) >= 11 is 1.01. The highest BCUT2D eigenvalue weighted by Crippen LogP contribution is 2.28. The number of para-hydroxylation sites is 1. The van der Waals surface area contributed by atoms with Crippen LogP contribution in [0.5, 0.6) is 5.75 Å². The first-order chi connectivity index (χ1) is 13.0. The summed E-state index contributed by atoms with van der Waals surface area (Å²) < 4.78 is 28.3. The summed E-state index contributed by atoms with van der Waals surface area (Å²) in [5.41, 5.74) is 0.620. The van der Waals surface area contributed by atoms with E-state index in [-0.39, 0.29) is 24.6 Å². The molecular weight excluding hydrogens is 373 g/mol. The van der Waals surface area contributed by atoms with E-state index < -0.39 is 23.9 Å². The quantitative estimate of drug-likeness (QED) is 0.702. The van der Waals surface area contributed by atoms with E-state index in [4.69, 9.17) is 9.47 Å². The molecule has 0 saturated carbocycles. The lowest BCUT2D eigenvalue weighted by molar-refractivity contribution is -0.145. The van der Waals surface area contributed by atoms with Gasteiger partial charge in [-0.15, -0.1) is 5.10 Å². The highest BCUT2D eigenvalue weighted by atomic mass is 32.1. The van der Waals surface area contributed by atoms with Crippen molar-refractivity contribution >= 4 is 23.4 Å². The van der Waals surface area contributed by atoms with Gasteiger partial charge in [-0.25, -0.2) is 9.18 Å². The van der Waals surface area contributed by atoms with Crippen molar-refractivity contribution in [3.63, 3.8) is 0 Å². The number of benzene rings is 1. The molecular formula is C18H20FN3O4S. The van der Waals surface area contributed by atoms with Crippen LogP contribution in [-0.4, -0.2) is 52.2 Å². The molecule has 1 aromatic heterocycles. The SMILES string of the molecule is CCCc1nnsc1C(=O)N1CC(Oc2ccccc2F)CC1C(=O)OC. The maximum Gasteiger partial charge on any atom is 0.328 e. The molecule has 2 heterocycles. The van der Waals surface area contributed by atoms with E-state index >= 15 is 0 Å². The van der Waals surface area contributed by atoms with Crippen molar-refractivity contribution < 1.29 is 23.5 Å². The number of hydrogen-bond donors (Lipinski definition) is 0. The van der Waals surface area contributed by atoms with Gasteiger partial charge in [0.1, 0.15) is 17.0 Å². The Morgan fingerprint density at radius 1 is 1.37 bits per heavy atom. The molecule has 1 saturated heterocycles. The molecule has 3 rings (SSSR count). The van der Waals surface area contributed by atoms with Gasteiger partial charge in [-0.2, -0.15) is 0 Å². The number of nitrogens with zero attached hydrogens (tertiary/aromatic N) is 3. The first kappa shape index (κ1) is 19.2. The van der Waals surface area contributed by atoms with Crippen molar-refractivity contribution in [3.05, 3.63) is 40.7 Å². The van der Waals surface area contributed by atoms with E-state index in [0.717, 1.165) is 18.0 Å². The number of aromatic nitrogens is 2. The summed E-state index contributed by atoms with van der Waals surface area (Å²) in [5, 5.41) is 4.01. The fraction of sp³-hybridized carbons (Fsp3) is 0.444. The van der Waals surface area contributed by atoms with Gasteiger partial charge in [0.25, 0.3) is 5.91 Å². The van der Waals surface area contributed by atoms with Crippen LogP contribution < -0.4 is 4.74 Å². The lowest BCUT2D eigenvalue weighted by atomic mass is 10.2. The third-order valence-corrected chi connectivity index (χ3v) is 5.12. The molecule has 9 heteroatoms. The average molecular weight is 393 g/mol. The van der Waals surface area contributed by atoms with Crippen LogP contribution >= 0.6 is 11.5 Å². The van der Waals surface area contributed by atoms with Crippen LogP contribution in [-0.2, 0) is 16.0 Å². The Hall–Kier alpha value is -2.55. The fourth-order valence-electron chi connectivity index (χ4n) is 3.09. The van der Waals surface area contributed by atoms with Crippen LogP contribution in [0.4, 0.5) is 4.39 Å². The van der Waals surface area contributed by atoms with E-state index in [1.807, 2.05) is 6.92 Å².